The molecular formula is C10H20N2O3. The lowest BCUT2D eigenvalue weighted by Gasteiger charge is -2.32. The Kier molecular flexibility index (Phi) is 5.42. The van der Waals surface area contributed by atoms with Gasteiger partial charge in [-0.25, -0.2) is 4.79 Å². The highest BCUT2D eigenvalue weighted by Crippen LogP contribution is 2.03. The van der Waals surface area contributed by atoms with Crippen LogP contribution in [0.25, 0.3) is 0 Å². The van der Waals surface area contributed by atoms with Gasteiger partial charge in [0.15, 0.2) is 0 Å². The summed E-state index contributed by atoms with van der Waals surface area (Å²) in [4.78, 5) is 15.4. The van der Waals surface area contributed by atoms with Gasteiger partial charge in [-0.1, -0.05) is 6.92 Å². The van der Waals surface area contributed by atoms with E-state index in [9.17, 15) is 4.79 Å². The largest absolute Gasteiger partial charge is 0.395 e. The Morgan fingerprint density at radius 2 is 2.07 bits per heavy atom. The summed E-state index contributed by atoms with van der Waals surface area (Å²) in [6, 6.07) is 0.0224. The first-order valence-corrected chi connectivity index (χ1v) is 5.52. The number of nitrogens with zero attached hydrogens (tertiary/aromatic N) is 2. The number of rotatable bonds is 4. The Morgan fingerprint density at radius 3 is 2.60 bits per heavy atom. The van der Waals surface area contributed by atoms with Crippen LogP contribution in [0.1, 0.15) is 13.3 Å². The molecule has 1 heterocycles. The molecule has 0 saturated carbocycles. The van der Waals surface area contributed by atoms with Crippen molar-refractivity contribution in [2.75, 3.05) is 46.0 Å². The molecule has 1 N–H and O–H groups in total. The first-order valence-electron chi connectivity index (χ1n) is 5.52. The predicted molar refractivity (Wildman–Crippen MR) is 56.7 cm³/mol. The summed E-state index contributed by atoms with van der Waals surface area (Å²) < 4.78 is 5.19. The Labute approximate surface area is 90.6 Å². The van der Waals surface area contributed by atoms with Gasteiger partial charge in [0.1, 0.15) is 0 Å². The van der Waals surface area contributed by atoms with Crippen molar-refractivity contribution in [2.24, 2.45) is 0 Å². The van der Waals surface area contributed by atoms with Crippen LogP contribution in [0, 0.1) is 0 Å². The minimum Gasteiger partial charge on any atom is -0.395 e. The number of carbonyl (C=O) groups excluding carboxylic acids is 1. The summed E-state index contributed by atoms with van der Waals surface area (Å²) in [6.45, 7) is 5.72. The second-order valence-corrected chi connectivity index (χ2v) is 3.59. The zero-order chi connectivity index (χ0) is 11.1. The van der Waals surface area contributed by atoms with Crippen molar-refractivity contribution in [1.82, 2.24) is 9.80 Å². The maximum Gasteiger partial charge on any atom is 0.320 e. The van der Waals surface area contributed by atoms with E-state index in [1.54, 1.807) is 9.80 Å². The quantitative estimate of drug-likeness (QED) is 0.727. The van der Waals surface area contributed by atoms with Gasteiger partial charge in [0.25, 0.3) is 0 Å². The minimum absolute atomic E-state index is 0.0224. The van der Waals surface area contributed by atoms with Crippen molar-refractivity contribution in [3.63, 3.8) is 0 Å². The zero-order valence-corrected chi connectivity index (χ0v) is 9.31. The number of ether oxygens (including phenoxy) is 1. The highest BCUT2D eigenvalue weighted by Gasteiger charge is 2.21. The lowest BCUT2D eigenvalue weighted by atomic mass is 10.4. The number of carbonyl (C=O) groups is 1. The van der Waals surface area contributed by atoms with Gasteiger partial charge in [0.05, 0.1) is 19.8 Å². The molecule has 1 rings (SSSR count). The number of amides is 2. The average Bonchev–Trinajstić information content (AvgIpc) is 2.29. The van der Waals surface area contributed by atoms with Crippen molar-refractivity contribution in [1.29, 1.82) is 0 Å². The van der Waals surface area contributed by atoms with Crippen molar-refractivity contribution >= 4 is 6.03 Å². The van der Waals surface area contributed by atoms with Gasteiger partial charge in [-0.05, 0) is 6.42 Å². The summed E-state index contributed by atoms with van der Waals surface area (Å²) in [7, 11) is 0. The third kappa shape index (κ3) is 3.68. The normalized spacial score (nSPS) is 16.5. The van der Waals surface area contributed by atoms with Crippen LogP contribution in [-0.2, 0) is 4.74 Å². The summed E-state index contributed by atoms with van der Waals surface area (Å²) in [5.74, 6) is 0. The van der Waals surface area contributed by atoms with E-state index in [-0.39, 0.29) is 12.6 Å². The van der Waals surface area contributed by atoms with Gasteiger partial charge >= 0.3 is 6.03 Å². The second-order valence-electron chi connectivity index (χ2n) is 3.59. The van der Waals surface area contributed by atoms with Crippen molar-refractivity contribution in [2.45, 2.75) is 13.3 Å². The standard InChI is InChI=1S/C10H20N2O3/c1-2-3-11(4-7-13)10(14)12-5-8-15-9-6-12/h13H,2-9H2,1H3. The van der Waals surface area contributed by atoms with Crippen LogP contribution in [-0.4, -0.2) is 66.9 Å². The smallest absolute Gasteiger partial charge is 0.320 e. The molecule has 1 fully saturated rings. The minimum atomic E-state index is 0.0224. The third-order valence-corrected chi connectivity index (χ3v) is 2.42. The lowest BCUT2D eigenvalue weighted by molar-refractivity contribution is 0.0418. The summed E-state index contributed by atoms with van der Waals surface area (Å²) in [5.41, 5.74) is 0. The van der Waals surface area contributed by atoms with Gasteiger partial charge in [-0.15, -0.1) is 0 Å². The molecule has 1 aliphatic rings. The molecule has 2 amide bonds. The van der Waals surface area contributed by atoms with E-state index >= 15 is 0 Å². The molecule has 5 heteroatoms. The molecular weight excluding hydrogens is 196 g/mol. The predicted octanol–water partition coefficient (Wildman–Crippen LogP) is 0.143. The first kappa shape index (κ1) is 12.3. The lowest BCUT2D eigenvalue weighted by Crippen LogP contribution is -2.49. The van der Waals surface area contributed by atoms with Crippen LogP contribution in [0.5, 0.6) is 0 Å². The Bertz CT molecular complexity index is 187. The molecule has 0 aromatic rings. The van der Waals surface area contributed by atoms with Crippen LogP contribution in [0.15, 0.2) is 0 Å². The molecule has 0 aliphatic carbocycles. The van der Waals surface area contributed by atoms with E-state index in [1.165, 1.54) is 0 Å². The van der Waals surface area contributed by atoms with Gasteiger partial charge in [0.2, 0.25) is 0 Å². The highest BCUT2D eigenvalue weighted by molar-refractivity contribution is 5.74. The molecule has 15 heavy (non-hydrogen) atoms. The second kappa shape index (κ2) is 6.63. The molecule has 0 aromatic heterocycles. The van der Waals surface area contributed by atoms with Crippen molar-refractivity contribution in [3.05, 3.63) is 0 Å². The topological polar surface area (TPSA) is 53.0 Å². The molecule has 5 nitrogen and oxygen atoms in total. The molecule has 88 valence electrons. The molecule has 0 bridgehead atoms. The van der Waals surface area contributed by atoms with Crippen LogP contribution in [0.4, 0.5) is 4.79 Å². The summed E-state index contributed by atoms with van der Waals surface area (Å²) in [5, 5.41) is 8.87. The SMILES string of the molecule is CCCN(CCO)C(=O)N1CCOCC1. The number of aliphatic hydroxyl groups is 1. The van der Waals surface area contributed by atoms with Crippen molar-refractivity contribution in [3.8, 4) is 0 Å². The van der Waals surface area contributed by atoms with Gasteiger partial charge in [0, 0.05) is 26.2 Å². The van der Waals surface area contributed by atoms with E-state index in [0.29, 0.717) is 39.4 Å². The average molecular weight is 216 g/mol. The number of hydrogen-bond donors (Lipinski definition) is 1. The van der Waals surface area contributed by atoms with Crippen LogP contribution in [0.3, 0.4) is 0 Å². The van der Waals surface area contributed by atoms with Crippen molar-refractivity contribution < 1.29 is 14.6 Å². The van der Waals surface area contributed by atoms with E-state index < -0.39 is 0 Å². The Morgan fingerprint density at radius 1 is 1.40 bits per heavy atom. The van der Waals surface area contributed by atoms with E-state index in [1.807, 2.05) is 6.92 Å². The van der Waals surface area contributed by atoms with E-state index in [0.717, 1.165) is 6.42 Å². The maximum absolute atomic E-state index is 12.0. The van der Waals surface area contributed by atoms with Gasteiger partial charge in [-0.3, -0.25) is 0 Å². The van der Waals surface area contributed by atoms with Crippen LogP contribution < -0.4 is 0 Å². The fourth-order valence-corrected chi connectivity index (χ4v) is 1.65. The fraction of sp³-hybridized carbons (Fsp3) is 0.900. The van der Waals surface area contributed by atoms with Crippen LogP contribution >= 0.6 is 0 Å². The van der Waals surface area contributed by atoms with Crippen LogP contribution in [0.2, 0.25) is 0 Å². The van der Waals surface area contributed by atoms with E-state index in [2.05, 4.69) is 0 Å². The first-order chi connectivity index (χ1) is 7.29. The Balaban J connectivity index is 2.45. The summed E-state index contributed by atoms with van der Waals surface area (Å²) >= 11 is 0. The Hall–Kier alpha value is -0.810. The molecule has 0 spiro atoms. The molecule has 0 atom stereocenters. The zero-order valence-electron chi connectivity index (χ0n) is 9.31. The molecule has 0 aromatic carbocycles. The highest BCUT2D eigenvalue weighted by atomic mass is 16.5. The van der Waals surface area contributed by atoms with Gasteiger partial charge < -0.3 is 19.6 Å². The number of aliphatic hydroxyl groups excluding tert-OH is 1. The molecule has 0 unspecified atom stereocenters. The van der Waals surface area contributed by atoms with E-state index in [4.69, 9.17) is 9.84 Å². The maximum atomic E-state index is 12.0. The number of morpholine rings is 1. The summed E-state index contributed by atoms with van der Waals surface area (Å²) in [6.07, 6.45) is 0.913. The van der Waals surface area contributed by atoms with Gasteiger partial charge in [-0.2, -0.15) is 0 Å². The molecule has 1 aliphatic heterocycles. The number of urea groups is 1. The fourth-order valence-electron chi connectivity index (χ4n) is 1.65. The third-order valence-electron chi connectivity index (χ3n) is 2.42. The molecule has 1 saturated heterocycles. The number of hydrogen-bond acceptors (Lipinski definition) is 3. The molecule has 0 radical (unpaired) electrons. The monoisotopic (exact) mass is 216 g/mol.